The van der Waals surface area contributed by atoms with Crippen LogP contribution in [0.5, 0.6) is 0 Å². The molecule has 0 aliphatic heterocycles. The molecule has 3 atom stereocenters. The summed E-state index contributed by atoms with van der Waals surface area (Å²) >= 11 is 1.52. The van der Waals surface area contributed by atoms with Crippen molar-refractivity contribution in [3.63, 3.8) is 0 Å². The second kappa shape index (κ2) is 38.4. The zero-order valence-electron chi connectivity index (χ0n) is 38.9. The molecule has 0 heterocycles. The van der Waals surface area contributed by atoms with E-state index in [-0.39, 0.29) is 83.7 Å². The highest BCUT2D eigenvalue weighted by Gasteiger charge is 2.25. The van der Waals surface area contributed by atoms with Gasteiger partial charge in [-0.15, -0.1) is 0 Å². The summed E-state index contributed by atoms with van der Waals surface area (Å²) in [6, 6.07) is 3.03. The Morgan fingerprint density at radius 3 is 1.53 bits per heavy atom. The van der Waals surface area contributed by atoms with Gasteiger partial charge in [-0.3, -0.25) is 33.5 Å². The Bertz CT molecular complexity index is 1690. The van der Waals surface area contributed by atoms with Crippen molar-refractivity contribution >= 4 is 71.0 Å². The molecule has 384 valence electrons. The van der Waals surface area contributed by atoms with Crippen molar-refractivity contribution in [3.05, 3.63) is 29.8 Å². The van der Waals surface area contributed by atoms with E-state index in [4.69, 9.17) is 18.9 Å². The molecule has 6 amide bonds. The van der Waals surface area contributed by atoms with E-state index in [9.17, 15) is 58.5 Å². The molecule has 11 N–H and O–H groups in total. The Hall–Kier alpha value is -5.60. The van der Waals surface area contributed by atoms with Crippen LogP contribution in [0.2, 0.25) is 0 Å². The minimum atomic E-state index is -1.47. The summed E-state index contributed by atoms with van der Waals surface area (Å²) in [5.41, 5.74) is 1.43. The van der Waals surface area contributed by atoms with Gasteiger partial charge in [-0.25, -0.2) is 14.4 Å². The standard InChI is InChI=1S/C43H70N8O16S/c1-3-17-45-31-11-9-30(10-12-31)40(57)48-18-5-4-7-32(41(58)59)50-38(55)28-66-25-24-65-22-20-47-36(53)15-13-33(42(60)61)49-37(54)16-14-34(43(62)63)51-39(56)29-67-26-23-64-21-19-46-35(52)8-6-27-68-44-2/h9-12,32-34,44-45H,3-8,13-29H2,1-2H3,(H,46,52)(H,47,53)(H,48,57)(H,49,54)(H,50,55)(H,51,56)(H,58,59)(H,60,61)(H,62,63). The van der Waals surface area contributed by atoms with Gasteiger partial charge in [0.05, 0.1) is 39.6 Å². The highest BCUT2D eigenvalue weighted by molar-refractivity contribution is 7.97. The summed E-state index contributed by atoms with van der Waals surface area (Å²) in [5.74, 6) is -6.29. The molecule has 3 unspecified atom stereocenters. The number of aliphatic carboxylic acids is 3. The number of carboxylic acids is 3. The Balaban J connectivity index is 2.19. The Labute approximate surface area is 400 Å². The Kier molecular flexibility index (Phi) is 34.1. The number of nitrogens with one attached hydrogen (secondary N) is 8. The molecule has 24 nitrogen and oxygen atoms in total. The lowest BCUT2D eigenvalue weighted by molar-refractivity contribution is -0.144. The molecule has 0 aliphatic carbocycles. The lowest BCUT2D eigenvalue weighted by Crippen LogP contribution is -2.45. The van der Waals surface area contributed by atoms with Crippen LogP contribution in [0, 0.1) is 0 Å². The number of anilines is 1. The topological polar surface area (TPSA) is 347 Å². The number of carbonyl (C=O) groups is 9. The van der Waals surface area contributed by atoms with Crippen LogP contribution in [-0.4, -0.2) is 179 Å². The molecule has 0 radical (unpaired) electrons. The lowest BCUT2D eigenvalue weighted by atomic mass is 10.1. The number of benzene rings is 1. The number of carbonyl (C=O) groups excluding carboxylic acids is 6. The lowest BCUT2D eigenvalue weighted by Gasteiger charge is -2.17. The SMILES string of the molecule is CCCNc1ccc(C(=O)NCCCCC(NC(=O)COCCOCCNC(=O)CCC(NC(=O)CCC(NC(=O)COCCOCCNC(=O)CCCSNC)C(=O)O)C(=O)O)C(=O)O)cc1. The van der Waals surface area contributed by atoms with E-state index in [0.29, 0.717) is 37.9 Å². The maximum absolute atomic E-state index is 12.5. The molecule has 0 bridgehead atoms. The first-order valence-electron chi connectivity index (χ1n) is 22.5. The van der Waals surface area contributed by atoms with Crippen LogP contribution < -0.4 is 41.9 Å². The van der Waals surface area contributed by atoms with E-state index in [1.165, 1.54) is 11.9 Å². The van der Waals surface area contributed by atoms with Crippen LogP contribution in [0.1, 0.15) is 81.5 Å². The molecule has 68 heavy (non-hydrogen) atoms. The van der Waals surface area contributed by atoms with Crippen molar-refractivity contribution in [3.8, 4) is 0 Å². The van der Waals surface area contributed by atoms with E-state index in [1.54, 1.807) is 19.2 Å². The second-order valence-corrected chi connectivity index (χ2v) is 16.0. The summed E-state index contributed by atoms with van der Waals surface area (Å²) in [4.78, 5) is 108. The summed E-state index contributed by atoms with van der Waals surface area (Å²) < 4.78 is 24.0. The molecule has 1 aromatic carbocycles. The first kappa shape index (κ1) is 60.4. The van der Waals surface area contributed by atoms with Crippen LogP contribution >= 0.6 is 11.9 Å². The number of unbranched alkanes of at least 4 members (excludes halogenated alkanes) is 1. The van der Waals surface area contributed by atoms with Gasteiger partial charge in [-0.2, -0.15) is 0 Å². The van der Waals surface area contributed by atoms with Crippen molar-refractivity contribution < 1.29 is 77.4 Å². The van der Waals surface area contributed by atoms with E-state index in [2.05, 4.69) is 48.9 Å². The highest BCUT2D eigenvalue weighted by Crippen LogP contribution is 2.10. The molecule has 0 fully saturated rings. The number of hydrogen-bond acceptors (Lipinski definition) is 16. The Morgan fingerprint density at radius 2 is 1.01 bits per heavy atom. The quantitative estimate of drug-likeness (QED) is 0.0294. The van der Waals surface area contributed by atoms with E-state index in [1.807, 2.05) is 12.1 Å². The van der Waals surface area contributed by atoms with Gasteiger partial charge in [0.2, 0.25) is 29.5 Å². The van der Waals surface area contributed by atoms with Crippen LogP contribution in [0.3, 0.4) is 0 Å². The monoisotopic (exact) mass is 986 g/mol. The van der Waals surface area contributed by atoms with E-state index >= 15 is 0 Å². The van der Waals surface area contributed by atoms with Crippen LogP contribution in [-0.2, 0) is 57.3 Å². The average Bonchev–Trinajstić information content (AvgIpc) is 3.30. The number of amides is 6. The summed E-state index contributed by atoms with van der Waals surface area (Å²) in [5, 5.41) is 46.8. The van der Waals surface area contributed by atoms with Crippen LogP contribution in [0.25, 0.3) is 0 Å². The highest BCUT2D eigenvalue weighted by atomic mass is 32.2. The summed E-state index contributed by atoms with van der Waals surface area (Å²) in [7, 11) is 1.81. The summed E-state index contributed by atoms with van der Waals surface area (Å²) in [6.07, 6.45) is 1.84. The van der Waals surface area contributed by atoms with Gasteiger partial charge in [0, 0.05) is 62.4 Å². The minimum absolute atomic E-state index is 0.0107. The third-order valence-corrected chi connectivity index (χ3v) is 10.1. The predicted molar refractivity (Wildman–Crippen MR) is 249 cm³/mol. The van der Waals surface area contributed by atoms with Gasteiger partial charge >= 0.3 is 17.9 Å². The van der Waals surface area contributed by atoms with Crippen molar-refractivity contribution in [2.24, 2.45) is 0 Å². The molecular weight excluding hydrogens is 917 g/mol. The Morgan fingerprint density at radius 1 is 0.529 bits per heavy atom. The normalized spacial score (nSPS) is 12.1. The minimum Gasteiger partial charge on any atom is -0.480 e. The van der Waals surface area contributed by atoms with Crippen molar-refractivity contribution in [2.45, 2.75) is 89.3 Å². The van der Waals surface area contributed by atoms with Crippen molar-refractivity contribution in [1.82, 2.24) is 36.6 Å². The first-order chi connectivity index (χ1) is 32.7. The molecule has 25 heteroatoms. The number of hydrogen-bond donors (Lipinski definition) is 11. The van der Waals surface area contributed by atoms with Crippen molar-refractivity contribution in [2.75, 3.05) is 97.2 Å². The third kappa shape index (κ3) is 31.4. The van der Waals surface area contributed by atoms with Crippen molar-refractivity contribution in [1.29, 1.82) is 0 Å². The maximum atomic E-state index is 12.5. The molecule has 0 spiro atoms. The number of carboxylic acid groups (broad SMARTS) is 3. The predicted octanol–water partition coefficient (Wildman–Crippen LogP) is -0.376. The molecule has 0 aliphatic rings. The smallest absolute Gasteiger partial charge is 0.326 e. The maximum Gasteiger partial charge on any atom is 0.326 e. The zero-order valence-corrected chi connectivity index (χ0v) is 39.7. The average molecular weight is 987 g/mol. The molecule has 0 aromatic heterocycles. The van der Waals surface area contributed by atoms with Gasteiger partial charge in [0.25, 0.3) is 5.91 Å². The molecular formula is C43H70N8O16S. The molecule has 1 aromatic rings. The fourth-order valence-electron chi connectivity index (χ4n) is 5.73. The molecule has 0 saturated carbocycles. The second-order valence-electron chi connectivity index (χ2n) is 14.9. The fourth-order valence-corrected chi connectivity index (χ4v) is 6.22. The summed E-state index contributed by atoms with van der Waals surface area (Å²) in [6.45, 7) is 3.14. The van der Waals surface area contributed by atoms with E-state index < -0.39 is 79.3 Å². The van der Waals surface area contributed by atoms with E-state index in [0.717, 1.165) is 30.8 Å². The van der Waals surface area contributed by atoms with Crippen LogP contribution in [0.15, 0.2) is 24.3 Å². The van der Waals surface area contributed by atoms with Gasteiger partial charge in [-0.1, -0.05) is 18.9 Å². The fraction of sp³-hybridized carbons (Fsp3) is 0.651. The van der Waals surface area contributed by atoms with Gasteiger partial charge in [0.15, 0.2) is 0 Å². The zero-order chi connectivity index (χ0) is 50.4. The third-order valence-electron chi connectivity index (χ3n) is 9.29. The molecule has 1 rings (SSSR count). The van der Waals surface area contributed by atoms with Crippen LogP contribution in [0.4, 0.5) is 5.69 Å². The van der Waals surface area contributed by atoms with Gasteiger partial charge < -0.3 is 71.5 Å². The number of ether oxygens (including phenoxy) is 4. The van der Waals surface area contributed by atoms with Gasteiger partial charge in [-0.05, 0) is 76.3 Å². The number of rotatable bonds is 42. The van der Waals surface area contributed by atoms with Gasteiger partial charge in [0.1, 0.15) is 31.3 Å². The molecule has 0 saturated heterocycles. The first-order valence-corrected chi connectivity index (χ1v) is 23.5. The largest absolute Gasteiger partial charge is 0.480 e.